The number of pyridine rings is 1. The van der Waals surface area contributed by atoms with Crippen molar-refractivity contribution in [3.8, 4) is 28.1 Å². The van der Waals surface area contributed by atoms with Crippen LogP contribution in [-0.4, -0.2) is 25.4 Å². The van der Waals surface area contributed by atoms with E-state index >= 15 is 0 Å². The molecule has 0 saturated carbocycles. The van der Waals surface area contributed by atoms with Crippen LogP contribution in [-0.2, 0) is 0 Å². The number of anilines is 1. The van der Waals surface area contributed by atoms with Crippen LogP contribution < -0.4 is 10.5 Å². The molecule has 0 amide bonds. The van der Waals surface area contributed by atoms with E-state index in [0.717, 1.165) is 33.7 Å². The lowest BCUT2D eigenvalue weighted by atomic mass is 9.98. The standard InChI is InChI=1S/C22H19N3OS/c1-24-12-18-17(19-13-27-21-6-4-3-5-16(19)21)11-20(25-22(18)23)14-7-9-15(26-2)10-8-14/h3-13H,1-2H3,(H2,23,25). The van der Waals surface area contributed by atoms with E-state index in [2.05, 4.69) is 45.7 Å². The summed E-state index contributed by atoms with van der Waals surface area (Å²) in [7, 11) is 3.40. The number of methoxy groups -OCH3 is 1. The average molecular weight is 373 g/mol. The predicted molar refractivity (Wildman–Crippen MR) is 115 cm³/mol. The minimum Gasteiger partial charge on any atom is -0.497 e. The number of ether oxygens (including phenoxy) is 1. The summed E-state index contributed by atoms with van der Waals surface area (Å²) in [6.07, 6.45) is 1.78. The molecule has 27 heavy (non-hydrogen) atoms. The van der Waals surface area contributed by atoms with Crippen LogP contribution in [0, 0.1) is 0 Å². The predicted octanol–water partition coefficient (Wildman–Crippen LogP) is 5.27. The van der Waals surface area contributed by atoms with Crippen molar-refractivity contribution in [3.63, 3.8) is 0 Å². The maximum absolute atomic E-state index is 6.33. The van der Waals surface area contributed by atoms with E-state index in [0.29, 0.717) is 5.82 Å². The Balaban J connectivity index is 1.94. The lowest BCUT2D eigenvalue weighted by molar-refractivity contribution is 0.415. The van der Waals surface area contributed by atoms with Gasteiger partial charge in [0.1, 0.15) is 11.6 Å². The monoisotopic (exact) mass is 373 g/mol. The minimum atomic E-state index is 0.471. The Morgan fingerprint density at radius 2 is 1.85 bits per heavy atom. The van der Waals surface area contributed by atoms with Crippen molar-refractivity contribution in [1.82, 2.24) is 4.98 Å². The Bertz CT molecular complexity index is 1130. The molecule has 0 bridgehead atoms. The molecule has 0 atom stereocenters. The zero-order valence-corrected chi connectivity index (χ0v) is 16.0. The van der Waals surface area contributed by atoms with Crippen molar-refractivity contribution in [2.75, 3.05) is 19.9 Å². The normalized spacial score (nSPS) is 11.3. The Hall–Kier alpha value is -3.18. The number of fused-ring (bicyclic) bond motifs is 1. The van der Waals surface area contributed by atoms with Gasteiger partial charge >= 0.3 is 0 Å². The fourth-order valence-corrected chi connectivity index (χ4v) is 4.12. The topological polar surface area (TPSA) is 60.5 Å². The first kappa shape index (κ1) is 17.2. The first-order chi connectivity index (χ1) is 13.2. The molecule has 2 N–H and O–H groups in total. The molecule has 0 saturated heterocycles. The molecule has 0 fully saturated rings. The molecule has 2 heterocycles. The van der Waals surface area contributed by atoms with Crippen LogP contribution in [0.25, 0.3) is 32.5 Å². The maximum atomic E-state index is 6.33. The van der Waals surface area contributed by atoms with Gasteiger partial charge in [0.2, 0.25) is 0 Å². The summed E-state index contributed by atoms with van der Waals surface area (Å²) < 4.78 is 6.49. The summed E-state index contributed by atoms with van der Waals surface area (Å²) in [5, 5.41) is 3.38. The third-order valence-electron chi connectivity index (χ3n) is 4.50. The Morgan fingerprint density at radius 3 is 2.59 bits per heavy atom. The molecule has 0 spiro atoms. The van der Waals surface area contributed by atoms with Crippen LogP contribution in [0.1, 0.15) is 5.56 Å². The zero-order valence-electron chi connectivity index (χ0n) is 15.1. The van der Waals surface area contributed by atoms with E-state index in [-0.39, 0.29) is 0 Å². The number of benzene rings is 2. The summed E-state index contributed by atoms with van der Waals surface area (Å²) in [4.78, 5) is 8.80. The quantitative estimate of drug-likeness (QED) is 0.496. The molecule has 5 heteroatoms. The number of hydrogen-bond acceptors (Lipinski definition) is 5. The molecule has 0 unspecified atom stereocenters. The van der Waals surface area contributed by atoms with Gasteiger partial charge in [-0.2, -0.15) is 0 Å². The highest BCUT2D eigenvalue weighted by Crippen LogP contribution is 2.38. The van der Waals surface area contributed by atoms with Crippen molar-refractivity contribution >= 4 is 33.5 Å². The van der Waals surface area contributed by atoms with Crippen LogP contribution in [0.5, 0.6) is 5.75 Å². The van der Waals surface area contributed by atoms with Gasteiger partial charge in [0.25, 0.3) is 0 Å². The van der Waals surface area contributed by atoms with E-state index in [9.17, 15) is 0 Å². The number of thiophene rings is 1. The molecule has 0 aliphatic rings. The zero-order chi connectivity index (χ0) is 18.8. The van der Waals surface area contributed by atoms with Gasteiger partial charge in [-0.3, -0.25) is 4.99 Å². The highest BCUT2D eigenvalue weighted by atomic mass is 32.1. The SMILES string of the molecule is CN=Cc1c(-c2csc3ccccc23)cc(-c2ccc(OC)cc2)nc1N. The van der Waals surface area contributed by atoms with E-state index < -0.39 is 0 Å². The van der Waals surface area contributed by atoms with Gasteiger partial charge in [-0.1, -0.05) is 18.2 Å². The van der Waals surface area contributed by atoms with E-state index in [1.165, 1.54) is 10.1 Å². The summed E-state index contributed by atoms with van der Waals surface area (Å²) in [6.45, 7) is 0. The molecule has 4 nitrogen and oxygen atoms in total. The largest absolute Gasteiger partial charge is 0.497 e. The van der Waals surface area contributed by atoms with Crippen molar-refractivity contribution < 1.29 is 4.74 Å². The highest BCUT2D eigenvalue weighted by molar-refractivity contribution is 7.17. The number of rotatable bonds is 4. The molecule has 2 aromatic carbocycles. The Kier molecular flexibility index (Phi) is 4.60. The second-order valence-corrected chi connectivity index (χ2v) is 7.03. The van der Waals surface area contributed by atoms with E-state index in [1.807, 2.05) is 24.3 Å². The van der Waals surface area contributed by atoms with Gasteiger partial charge in [0.05, 0.1) is 12.8 Å². The molecule has 2 aromatic heterocycles. The molecule has 0 aliphatic carbocycles. The average Bonchev–Trinajstić information content (AvgIpc) is 3.13. The van der Waals surface area contributed by atoms with Gasteiger partial charge in [-0.25, -0.2) is 4.98 Å². The second-order valence-electron chi connectivity index (χ2n) is 6.12. The van der Waals surface area contributed by atoms with Gasteiger partial charge in [-0.15, -0.1) is 11.3 Å². The molecule has 0 aliphatic heterocycles. The number of nitrogens with zero attached hydrogens (tertiary/aromatic N) is 2. The van der Waals surface area contributed by atoms with Gasteiger partial charge in [0, 0.05) is 40.0 Å². The molecule has 4 aromatic rings. The van der Waals surface area contributed by atoms with Gasteiger partial charge in [0.15, 0.2) is 0 Å². The van der Waals surface area contributed by atoms with Crippen molar-refractivity contribution in [1.29, 1.82) is 0 Å². The fourth-order valence-electron chi connectivity index (χ4n) is 3.16. The third-order valence-corrected chi connectivity index (χ3v) is 5.47. The second kappa shape index (κ2) is 7.21. The van der Waals surface area contributed by atoms with Crippen LogP contribution in [0.3, 0.4) is 0 Å². The summed E-state index contributed by atoms with van der Waals surface area (Å²) in [5.41, 5.74) is 11.2. The number of nitrogens with two attached hydrogens (primary N) is 1. The van der Waals surface area contributed by atoms with Crippen LogP contribution in [0.2, 0.25) is 0 Å². The van der Waals surface area contributed by atoms with Gasteiger partial charge < -0.3 is 10.5 Å². The smallest absolute Gasteiger partial charge is 0.133 e. The first-order valence-electron chi connectivity index (χ1n) is 8.55. The summed E-state index contributed by atoms with van der Waals surface area (Å²) >= 11 is 1.73. The van der Waals surface area contributed by atoms with Crippen molar-refractivity contribution in [3.05, 3.63) is 65.5 Å². The van der Waals surface area contributed by atoms with E-state index in [1.54, 1.807) is 31.7 Å². The van der Waals surface area contributed by atoms with Crippen molar-refractivity contribution in [2.24, 2.45) is 4.99 Å². The van der Waals surface area contributed by atoms with Gasteiger partial charge in [-0.05, 0) is 47.3 Å². The third kappa shape index (κ3) is 3.17. The Labute approximate surface area is 162 Å². The van der Waals surface area contributed by atoms with Crippen molar-refractivity contribution in [2.45, 2.75) is 0 Å². The summed E-state index contributed by atoms with van der Waals surface area (Å²) in [6, 6.07) is 18.3. The highest BCUT2D eigenvalue weighted by Gasteiger charge is 2.15. The summed E-state index contributed by atoms with van der Waals surface area (Å²) in [5.74, 6) is 1.28. The maximum Gasteiger partial charge on any atom is 0.133 e. The molecule has 4 rings (SSSR count). The molecular formula is C22H19N3OS. The van der Waals surface area contributed by atoms with Crippen LogP contribution >= 0.6 is 11.3 Å². The number of aromatic nitrogens is 1. The first-order valence-corrected chi connectivity index (χ1v) is 9.43. The molecular weight excluding hydrogens is 354 g/mol. The molecule has 134 valence electrons. The lowest BCUT2D eigenvalue weighted by Crippen LogP contribution is -2.02. The fraction of sp³-hybridized carbons (Fsp3) is 0.0909. The Morgan fingerprint density at radius 1 is 1.07 bits per heavy atom. The molecule has 0 radical (unpaired) electrons. The van der Waals surface area contributed by atoms with Crippen LogP contribution in [0.4, 0.5) is 5.82 Å². The number of hydrogen-bond donors (Lipinski definition) is 1. The number of aliphatic imine (C=N–C) groups is 1. The lowest BCUT2D eigenvalue weighted by Gasteiger charge is -2.12. The van der Waals surface area contributed by atoms with Crippen LogP contribution in [0.15, 0.2) is 65.0 Å². The minimum absolute atomic E-state index is 0.471. The number of nitrogen functional groups attached to an aromatic ring is 1. The van der Waals surface area contributed by atoms with E-state index in [4.69, 9.17) is 10.5 Å².